The lowest BCUT2D eigenvalue weighted by atomic mass is 10.1. The van der Waals surface area contributed by atoms with Gasteiger partial charge in [0.05, 0.1) is 12.4 Å². The van der Waals surface area contributed by atoms with E-state index in [1.807, 2.05) is 36.4 Å². The van der Waals surface area contributed by atoms with Gasteiger partial charge < -0.3 is 10.6 Å². The van der Waals surface area contributed by atoms with E-state index in [9.17, 15) is 4.79 Å². The van der Waals surface area contributed by atoms with Crippen LogP contribution in [0.15, 0.2) is 54.9 Å². The summed E-state index contributed by atoms with van der Waals surface area (Å²) in [5.74, 6) is 0.322. The Labute approximate surface area is 153 Å². The van der Waals surface area contributed by atoms with E-state index in [-0.39, 0.29) is 11.6 Å². The molecular weight excluding hydrogens is 324 g/mol. The molecule has 1 aromatic heterocycles. The Bertz CT molecular complexity index is 902. The molecule has 5 nitrogen and oxygen atoms in total. The summed E-state index contributed by atoms with van der Waals surface area (Å²) in [7, 11) is 0. The molecule has 3 aromatic rings. The lowest BCUT2D eigenvalue weighted by molar-refractivity contribution is 0.102. The lowest BCUT2D eigenvalue weighted by Gasteiger charge is -2.11. The zero-order chi connectivity index (χ0) is 18.5. The fraction of sp³-hybridized carbons (Fsp3) is 0.190. The molecule has 26 heavy (non-hydrogen) atoms. The number of benzene rings is 2. The summed E-state index contributed by atoms with van der Waals surface area (Å²) >= 11 is 0. The summed E-state index contributed by atoms with van der Waals surface area (Å²) < 4.78 is 0. The number of aryl methyl sites for hydroxylation is 2. The van der Waals surface area contributed by atoms with Gasteiger partial charge in [-0.2, -0.15) is 0 Å². The van der Waals surface area contributed by atoms with E-state index in [1.165, 1.54) is 17.3 Å². The molecule has 0 saturated heterocycles. The predicted octanol–water partition coefficient (Wildman–Crippen LogP) is 4.65. The lowest BCUT2D eigenvalue weighted by Crippen LogP contribution is -2.14. The predicted molar refractivity (Wildman–Crippen MR) is 105 cm³/mol. The molecule has 2 N–H and O–H groups in total. The second-order valence-corrected chi connectivity index (χ2v) is 6.16. The second kappa shape index (κ2) is 7.78. The van der Waals surface area contributed by atoms with Crippen LogP contribution in [-0.4, -0.2) is 15.9 Å². The smallest absolute Gasteiger partial charge is 0.275 e. The average molecular weight is 346 g/mol. The highest BCUT2D eigenvalue weighted by atomic mass is 16.1. The van der Waals surface area contributed by atoms with Crippen LogP contribution < -0.4 is 10.6 Å². The Morgan fingerprint density at radius 3 is 2.42 bits per heavy atom. The first-order chi connectivity index (χ1) is 12.6. The third kappa shape index (κ3) is 4.06. The largest absolute Gasteiger partial charge is 0.339 e. The Hall–Kier alpha value is -3.21. The second-order valence-electron chi connectivity index (χ2n) is 6.16. The number of carbonyl (C=O) groups excluding carboxylic acids is 1. The van der Waals surface area contributed by atoms with Crippen LogP contribution in [0.5, 0.6) is 0 Å². The van der Waals surface area contributed by atoms with Crippen molar-refractivity contribution in [2.75, 3.05) is 10.6 Å². The van der Waals surface area contributed by atoms with Gasteiger partial charge in [-0.3, -0.25) is 4.79 Å². The SMILES string of the molecule is CCc1ccc(NC(=O)c2cnc(Nc3cccc(C)c3C)cn2)cc1. The number of carbonyl (C=O) groups is 1. The monoisotopic (exact) mass is 346 g/mol. The molecule has 0 saturated carbocycles. The minimum absolute atomic E-state index is 0.274. The van der Waals surface area contributed by atoms with Crippen molar-refractivity contribution in [1.82, 2.24) is 9.97 Å². The molecule has 3 rings (SSSR count). The summed E-state index contributed by atoms with van der Waals surface area (Å²) in [6.45, 7) is 6.21. The molecule has 0 atom stereocenters. The molecule has 0 radical (unpaired) electrons. The van der Waals surface area contributed by atoms with Crippen molar-refractivity contribution in [2.24, 2.45) is 0 Å². The molecule has 0 spiro atoms. The third-order valence-electron chi connectivity index (χ3n) is 4.37. The minimum Gasteiger partial charge on any atom is -0.339 e. The van der Waals surface area contributed by atoms with Crippen LogP contribution in [0.2, 0.25) is 0 Å². The van der Waals surface area contributed by atoms with E-state index >= 15 is 0 Å². The highest BCUT2D eigenvalue weighted by Gasteiger charge is 2.09. The molecule has 1 amide bonds. The normalized spacial score (nSPS) is 10.4. The summed E-state index contributed by atoms with van der Waals surface area (Å²) in [6.07, 6.45) is 4.01. The van der Waals surface area contributed by atoms with Gasteiger partial charge in [0.25, 0.3) is 5.91 Å². The van der Waals surface area contributed by atoms with Gasteiger partial charge in [0.15, 0.2) is 0 Å². The molecule has 0 unspecified atom stereocenters. The van der Waals surface area contributed by atoms with Crippen LogP contribution in [0.4, 0.5) is 17.2 Å². The number of anilines is 3. The van der Waals surface area contributed by atoms with Gasteiger partial charge in [0.1, 0.15) is 11.5 Å². The maximum absolute atomic E-state index is 12.3. The van der Waals surface area contributed by atoms with E-state index in [1.54, 1.807) is 6.20 Å². The summed E-state index contributed by atoms with van der Waals surface area (Å²) in [4.78, 5) is 20.8. The molecule has 0 aliphatic carbocycles. The molecule has 5 heteroatoms. The number of nitrogens with zero attached hydrogens (tertiary/aromatic N) is 2. The van der Waals surface area contributed by atoms with Crippen molar-refractivity contribution >= 4 is 23.1 Å². The first-order valence-corrected chi connectivity index (χ1v) is 8.62. The standard InChI is InChI=1S/C21H22N4O/c1-4-16-8-10-17(11-9-16)24-21(26)19-12-23-20(13-22-19)25-18-7-5-6-14(2)15(18)3/h5-13H,4H2,1-3H3,(H,23,25)(H,24,26). The van der Waals surface area contributed by atoms with Gasteiger partial charge in [-0.1, -0.05) is 31.2 Å². The van der Waals surface area contributed by atoms with Gasteiger partial charge in [0.2, 0.25) is 0 Å². The molecule has 2 aromatic carbocycles. The first kappa shape index (κ1) is 17.6. The van der Waals surface area contributed by atoms with Crippen molar-refractivity contribution in [3.63, 3.8) is 0 Å². The average Bonchev–Trinajstić information content (AvgIpc) is 2.66. The highest BCUT2D eigenvalue weighted by molar-refractivity contribution is 6.02. The number of aromatic nitrogens is 2. The van der Waals surface area contributed by atoms with E-state index in [2.05, 4.69) is 47.4 Å². The number of nitrogens with one attached hydrogen (secondary N) is 2. The van der Waals surface area contributed by atoms with Gasteiger partial charge in [-0.15, -0.1) is 0 Å². The fourth-order valence-electron chi connectivity index (χ4n) is 2.55. The minimum atomic E-state index is -0.278. The van der Waals surface area contributed by atoms with Crippen molar-refractivity contribution < 1.29 is 4.79 Å². The van der Waals surface area contributed by atoms with Gasteiger partial charge in [-0.25, -0.2) is 9.97 Å². The molecule has 0 fully saturated rings. The maximum Gasteiger partial charge on any atom is 0.275 e. The Kier molecular flexibility index (Phi) is 5.27. The summed E-state index contributed by atoms with van der Waals surface area (Å²) in [5, 5.41) is 6.07. The zero-order valence-corrected chi connectivity index (χ0v) is 15.2. The van der Waals surface area contributed by atoms with Crippen LogP contribution in [0.3, 0.4) is 0 Å². The van der Waals surface area contributed by atoms with Crippen LogP contribution in [0, 0.1) is 13.8 Å². The number of amides is 1. The van der Waals surface area contributed by atoms with Crippen molar-refractivity contribution in [2.45, 2.75) is 27.2 Å². The van der Waals surface area contributed by atoms with Crippen molar-refractivity contribution in [3.05, 3.63) is 77.2 Å². The number of rotatable bonds is 5. The number of hydrogen-bond acceptors (Lipinski definition) is 4. The molecule has 1 heterocycles. The van der Waals surface area contributed by atoms with E-state index < -0.39 is 0 Å². The van der Waals surface area contributed by atoms with E-state index in [0.29, 0.717) is 5.82 Å². The number of hydrogen-bond donors (Lipinski definition) is 2. The van der Waals surface area contributed by atoms with Crippen molar-refractivity contribution in [3.8, 4) is 0 Å². The molecule has 132 valence electrons. The third-order valence-corrected chi connectivity index (χ3v) is 4.37. The van der Waals surface area contributed by atoms with Crippen LogP contribution in [0.1, 0.15) is 34.1 Å². The topological polar surface area (TPSA) is 66.9 Å². The van der Waals surface area contributed by atoms with Crippen LogP contribution in [0.25, 0.3) is 0 Å². The summed E-state index contributed by atoms with van der Waals surface area (Å²) in [6, 6.07) is 13.8. The Morgan fingerprint density at radius 1 is 1.00 bits per heavy atom. The molecular formula is C21H22N4O. The van der Waals surface area contributed by atoms with Gasteiger partial charge >= 0.3 is 0 Å². The maximum atomic E-state index is 12.3. The Balaban J connectivity index is 1.68. The molecule has 0 aliphatic rings. The zero-order valence-electron chi connectivity index (χ0n) is 15.2. The van der Waals surface area contributed by atoms with E-state index in [0.717, 1.165) is 23.4 Å². The van der Waals surface area contributed by atoms with Crippen LogP contribution >= 0.6 is 0 Å². The van der Waals surface area contributed by atoms with E-state index in [4.69, 9.17) is 0 Å². The molecule has 0 bridgehead atoms. The summed E-state index contributed by atoms with van der Waals surface area (Å²) in [5.41, 5.74) is 5.58. The molecule has 0 aliphatic heterocycles. The first-order valence-electron chi connectivity index (χ1n) is 8.62. The quantitative estimate of drug-likeness (QED) is 0.705. The highest BCUT2D eigenvalue weighted by Crippen LogP contribution is 2.21. The van der Waals surface area contributed by atoms with Crippen molar-refractivity contribution in [1.29, 1.82) is 0 Å². The van der Waals surface area contributed by atoms with Gasteiger partial charge in [0, 0.05) is 11.4 Å². The Morgan fingerprint density at radius 2 is 1.77 bits per heavy atom. The van der Waals surface area contributed by atoms with Crippen LogP contribution in [-0.2, 0) is 6.42 Å². The fourth-order valence-corrected chi connectivity index (χ4v) is 2.55. The van der Waals surface area contributed by atoms with Gasteiger partial charge in [-0.05, 0) is 55.2 Å².